The van der Waals surface area contributed by atoms with E-state index in [1.165, 1.54) is 11.1 Å². The van der Waals surface area contributed by atoms with E-state index in [1.54, 1.807) is 13.2 Å². The molecule has 0 saturated carbocycles. The van der Waals surface area contributed by atoms with Gasteiger partial charge in [-0.05, 0) is 55.0 Å². The third kappa shape index (κ3) is 2.84. The minimum Gasteiger partial charge on any atom is -0.496 e. The van der Waals surface area contributed by atoms with Crippen molar-refractivity contribution in [3.05, 3.63) is 64.7 Å². The summed E-state index contributed by atoms with van der Waals surface area (Å²) in [6.07, 6.45) is 3.20. The summed E-state index contributed by atoms with van der Waals surface area (Å²) in [4.78, 5) is 12.5. The van der Waals surface area contributed by atoms with Gasteiger partial charge in [0.1, 0.15) is 5.75 Å². The van der Waals surface area contributed by atoms with E-state index in [1.807, 2.05) is 25.1 Å². The summed E-state index contributed by atoms with van der Waals surface area (Å²) in [6.45, 7) is 1.97. The van der Waals surface area contributed by atoms with Crippen molar-refractivity contribution in [2.45, 2.75) is 32.2 Å². The maximum atomic E-state index is 12.5. The Bertz CT molecular complexity index is 694. The van der Waals surface area contributed by atoms with Crippen molar-refractivity contribution in [2.24, 2.45) is 0 Å². The first-order chi connectivity index (χ1) is 10.7. The molecule has 1 aliphatic carbocycles. The van der Waals surface area contributed by atoms with Crippen LogP contribution in [0.25, 0.3) is 0 Å². The van der Waals surface area contributed by atoms with Crippen LogP contribution in [0.15, 0.2) is 42.5 Å². The summed E-state index contributed by atoms with van der Waals surface area (Å²) in [5.41, 5.74) is 4.27. The number of rotatable bonds is 3. The number of amides is 1. The van der Waals surface area contributed by atoms with Crippen LogP contribution in [0.1, 0.15) is 45.9 Å². The van der Waals surface area contributed by atoms with Gasteiger partial charge in [-0.15, -0.1) is 0 Å². The Hall–Kier alpha value is -2.29. The largest absolute Gasteiger partial charge is 0.496 e. The minimum atomic E-state index is -0.0417. The molecule has 0 fully saturated rings. The summed E-state index contributed by atoms with van der Waals surface area (Å²) < 4.78 is 5.30. The summed E-state index contributed by atoms with van der Waals surface area (Å²) in [6, 6.07) is 14.1. The predicted octanol–water partition coefficient (Wildman–Crippen LogP) is 3.81. The van der Waals surface area contributed by atoms with Gasteiger partial charge in [0.05, 0.1) is 13.2 Å². The number of carbonyl (C=O) groups excluding carboxylic acids is 1. The number of hydrogen-bond acceptors (Lipinski definition) is 2. The molecule has 3 rings (SSSR count). The second kappa shape index (κ2) is 6.22. The Morgan fingerprint density at radius 1 is 1.23 bits per heavy atom. The normalized spacial score (nSPS) is 16.7. The Balaban J connectivity index is 1.81. The third-order valence-corrected chi connectivity index (χ3v) is 4.34. The molecule has 114 valence electrons. The molecule has 3 heteroatoms. The number of ether oxygens (including phenoxy) is 1. The number of nitrogens with one attached hydrogen (secondary N) is 1. The van der Waals surface area contributed by atoms with Crippen LogP contribution in [-0.2, 0) is 6.42 Å². The topological polar surface area (TPSA) is 38.3 Å². The van der Waals surface area contributed by atoms with Crippen LogP contribution < -0.4 is 10.1 Å². The van der Waals surface area contributed by atoms with E-state index in [4.69, 9.17) is 4.74 Å². The zero-order valence-electron chi connectivity index (χ0n) is 13.1. The molecule has 2 aromatic carbocycles. The van der Waals surface area contributed by atoms with E-state index in [9.17, 15) is 4.79 Å². The predicted molar refractivity (Wildman–Crippen MR) is 87.3 cm³/mol. The maximum Gasteiger partial charge on any atom is 0.251 e. The van der Waals surface area contributed by atoms with Crippen LogP contribution in [0.4, 0.5) is 0 Å². The number of benzene rings is 2. The van der Waals surface area contributed by atoms with Crippen LogP contribution in [0.3, 0.4) is 0 Å². The number of aryl methyl sites for hydroxylation is 2. The molecule has 0 bridgehead atoms. The number of hydrogen-bond donors (Lipinski definition) is 1. The summed E-state index contributed by atoms with van der Waals surface area (Å²) in [7, 11) is 1.63. The van der Waals surface area contributed by atoms with Crippen LogP contribution in [0, 0.1) is 6.92 Å². The molecular formula is C19H21NO2. The summed E-state index contributed by atoms with van der Waals surface area (Å²) >= 11 is 0. The van der Waals surface area contributed by atoms with Gasteiger partial charge < -0.3 is 10.1 Å². The van der Waals surface area contributed by atoms with Gasteiger partial charge in [-0.2, -0.15) is 0 Å². The van der Waals surface area contributed by atoms with Gasteiger partial charge in [-0.25, -0.2) is 0 Å². The standard InChI is InChI=1S/C19H21NO2/c1-13-10-11-15(12-18(13)22-2)19(21)20-17-9-5-7-14-6-3-4-8-16(14)17/h3-4,6,8,10-12,17H,5,7,9H2,1-2H3,(H,20,21). The van der Waals surface area contributed by atoms with Crippen molar-refractivity contribution in [1.29, 1.82) is 0 Å². The van der Waals surface area contributed by atoms with Crippen molar-refractivity contribution in [3.63, 3.8) is 0 Å². The molecule has 0 heterocycles. The third-order valence-electron chi connectivity index (χ3n) is 4.34. The number of carbonyl (C=O) groups is 1. The molecule has 0 aliphatic heterocycles. The van der Waals surface area contributed by atoms with E-state index in [-0.39, 0.29) is 11.9 Å². The van der Waals surface area contributed by atoms with Crippen molar-refractivity contribution in [1.82, 2.24) is 5.32 Å². The Labute approximate surface area is 131 Å². The molecule has 0 aromatic heterocycles. The fourth-order valence-electron chi connectivity index (χ4n) is 3.11. The SMILES string of the molecule is COc1cc(C(=O)NC2CCCc3ccccc32)ccc1C. The van der Waals surface area contributed by atoms with Gasteiger partial charge in [0.2, 0.25) is 0 Å². The molecule has 1 amide bonds. The van der Waals surface area contributed by atoms with Crippen molar-refractivity contribution in [3.8, 4) is 5.75 Å². The van der Waals surface area contributed by atoms with Gasteiger partial charge in [0.25, 0.3) is 5.91 Å². The lowest BCUT2D eigenvalue weighted by atomic mass is 9.87. The summed E-state index contributed by atoms with van der Waals surface area (Å²) in [5.74, 6) is 0.705. The fraction of sp³-hybridized carbons (Fsp3) is 0.316. The molecule has 0 radical (unpaired) electrons. The molecular weight excluding hydrogens is 274 g/mol. The monoisotopic (exact) mass is 295 g/mol. The molecule has 0 spiro atoms. The van der Waals surface area contributed by atoms with Gasteiger partial charge in [0.15, 0.2) is 0 Å². The quantitative estimate of drug-likeness (QED) is 0.935. The fourth-order valence-corrected chi connectivity index (χ4v) is 3.11. The Kier molecular flexibility index (Phi) is 4.14. The lowest BCUT2D eigenvalue weighted by Crippen LogP contribution is -2.31. The summed E-state index contributed by atoms with van der Waals surface area (Å²) in [5, 5.41) is 3.17. The first kappa shape index (κ1) is 14.6. The molecule has 3 nitrogen and oxygen atoms in total. The van der Waals surface area contributed by atoms with Crippen LogP contribution >= 0.6 is 0 Å². The highest BCUT2D eigenvalue weighted by molar-refractivity contribution is 5.95. The second-order valence-corrected chi connectivity index (χ2v) is 5.80. The van der Waals surface area contributed by atoms with E-state index in [0.29, 0.717) is 5.56 Å². The first-order valence-corrected chi connectivity index (χ1v) is 7.72. The lowest BCUT2D eigenvalue weighted by molar-refractivity contribution is 0.0932. The molecule has 0 saturated heterocycles. The van der Waals surface area contributed by atoms with Gasteiger partial charge in [0, 0.05) is 5.56 Å². The molecule has 1 aliphatic rings. The Morgan fingerprint density at radius 2 is 2.05 bits per heavy atom. The van der Waals surface area contributed by atoms with Gasteiger partial charge >= 0.3 is 0 Å². The smallest absolute Gasteiger partial charge is 0.251 e. The maximum absolute atomic E-state index is 12.5. The van der Waals surface area contributed by atoms with E-state index < -0.39 is 0 Å². The molecule has 22 heavy (non-hydrogen) atoms. The average molecular weight is 295 g/mol. The second-order valence-electron chi connectivity index (χ2n) is 5.80. The zero-order valence-corrected chi connectivity index (χ0v) is 13.1. The molecule has 2 aromatic rings. The lowest BCUT2D eigenvalue weighted by Gasteiger charge is -2.26. The van der Waals surface area contributed by atoms with E-state index >= 15 is 0 Å². The van der Waals surface area contributed by atoms with Crippen molar-refractivity contribution in [2.75, 3.05) is 7.11 Å². The van der Waals surface area contributed by atoms with Crippen LogP contribution in [0.5, 0.6) is 5.75 Å². The van der Waals surface area contributed by atoms with E-state index in [2.05, 4.69) is 23.5 Å². The van der Waals surface area contributed by atoms with E-state index in [0.717, 1.165) is 30.6 Å². The molecule has 1 atom stereocenters. The van der Waals surface area contributed by atoms with Crippen LogP contribution in [0.2, 0.25) is 0 Å². The first-order valence-electron chi connectivity index (χ1n) is 7.72. The molecule has 1 unspecified atom stereocenters. The minimum absolute atomic E-state index is 0.0417. The highest BCUT2D eigenvalue weighted by atomic mass is 16.5. The highest BCUT2D eigenvalue weighted by Crippen LogP contribution is 2.30. The van der Waals surface area contributed by atoms with Crippen LogP contribution in [-0.4, -0.2) is 13.0 Å². The van der Waals surface area contributed by atoms with Gasteiger partial charge in [-0.1, -0.05) is 30.3 Å². The molecule has 1 N–H and O–H groups in total. The van der Waals surface area contributed by atoms with Crippen molar-refractivity contribution >= 4 is 5.91 Å². The average Bonchev–Trinajstić information content (AvgIpc) is 2.55. The van der Waals surface area contributed by atoms with Crippen molar-refractivity contribution < 1.29 is 9.53 Å². The zero-order chi connectivity index (χ0) is 15.5. The highest BCUT2D eigenvalue weighted by Gasteiger charge is 2.22. The number of methoxy groups -OCH3 is 1. The number of fused-ring (bicyclic) bond motifs is 1. The van der Waals surface area contributed by atoms with Gasteiger partial charge in [-0.3, -0.25) is 4.79 Å². The Morgan fingerprint density at radius 3 is 2.86 bits per heavy atom.